The van der Waals surface area contributed by atoms with Crippen molar-refractivity contribution in [3.63, 3.8) is 0 Å². The summed E-state index contributed by atoms with van der Waals surface area (Å²) in [5.74, 6) is -0.635. The molecule has 8 heteroatoms. The molecule has 4 rings (SSSR count). The summed E-state index contributed by atoms with van der Waals surface area (Å²) < 4.78 is 28.8. The lowest BCUT2D eigenvalue weighted by Gasteiger charge is -2.33. The minimum Gasteiger partial charge on any atom is -0.352 e. The third-order valence-corrected chi connectivity index (χ3v) is 9.29. The van der Waals surface area contributed by atoms with Gasteiger partial charge in [-0.1, -0.05) is 79.9 Å². The van der Waals surface area contributed by atoms with Crippen LogP contribution in [0.15, 0.2) is 89.8 Å². The summed E-state index contributed by atoms with van der Waals surface area (Å²) in [6, 6.07) is 24.3. The lowest BCUT2D eigenvalue weighted by Crippen LogP contribution is -2.53. The van der Waals surface area contributed by atoms with Crippen LogP contribution in [0.25, 0.3) is 0 Å². The van der Waals surface area contributed by atoms with E-state index in [2.05, 4.69) is 5.32 Å². The molecule has 1 aliphatic carbocycles. The summed E-state index contributed by atoms with van der Waals surface area (Å²) in [7, 11) is -4.05. The first-order valence-electron chi connectivity index (χ1n) is 14.0. The van der Waals surface area contributed by atoms with E-state index in [1.165, 1.54) is 23.5 Å². The van der Waals surface area contributed by atoms with Crippen molar-refractivity contribution in [2.45, 2.75) is 69.4 Å². The minimum absolute atomic E-state index is 0.100. The molecule has 0 saturated heterocycles. The Morgan fingerprint density at radius 2 is 1.55 bits per heavy atom. The van der Waals surface area contributed by atoms with E-state index in [1.54, 1.807) is 43.3 Å². The van der Waals surface area contributed by atoms with Gasteiger partial charge in [0.15, 0.2) is 0 Å². The average molecular weight is 562 g/mol. The molecule has 1 saturated carbocycles. The first kappa shape index (κ1) is 29.3. The second-order valence-corrected chi connectivity index (χ2v) is 12.4. The van der Waals surface area contributed by atoms with E-state index < -0.39 is 28.5 Å². The number of hydrogen-bond donors (Lipinski definition) is 1. The fraction of sp³-hybridized carbons (Fsp3) is 0.375. The number of rotatable bonds is 11. The molecular weight excluding hydrogens is 522 g/mol. The van der Waals surface area contributed by atoms with Gasteiger partial charge < -0.3 is 10.2 Å². The maximum Gasteiger partial charge on any atom is 0.264 e. The highest BCUT2D eigenvalue weighted by Gasteiger charge is 2.33. The monoisotopic (exact) mass is 561 g/mol. The second kappa shape index (κ2) is 13.6. The highest BCUT2D eigenvalue weighted by Crippen LogP contribution is 2.25. The molecule has 0 unspecified atom stereocenters. The molecule has 1 aliphatic rings. The third-order valence-electron chi connectivity index (χ3n) is 7.50. The van der Waals surface area contributed by atoms with Crippen molar-refractivity contribution in [3.05, 3.63) is 96.1 Å². The maximum absolute atomic E-state index is 14.0. The van der Waals surface area contributed by atoms with Crippen LogP contribution < -0.4 is 9.62 Å². The largest absolute Gasteiger partial charge is 0.352 e. The van der Waals surface area contributed by atoms with E-state index in [-0.39, 0.29) is 23.4 Å². The van der Waals surface area contributed by atoms with Crippen molar-refractivity contribution >= 4 is 27.5 Å². The Hall–Kier alpha value is -3.65. The number of anilines is 1. The molecule has 3 aromatic carbocycles. The van der Waals surface area contributed by atoms with Crippen LogP contribution in [-0.4, -0.2) is 50.3 Å². The smallest absolute Gasteiger partial charge is 0.264 e. The van der Waals surface area contributed by atoms with Crippen LogP contribution in [0.5, 0.6) is 0 Å². The van der Waals surface area contributed by atoms with Crippen LogP contribution in [0.3, 0.4) is 0 Å². The van der Waals surface area contributed by atoms with Crippen molar-refractivity contribution in [1.29, 1.82) is 0 Å². The van der Waals surface area contributed by atoms with Crippen molar-refractivity contribution in [1.82, 2.24) is 10.2 Å². The van der Waals surface area contributed by atoms with Gasteiger partial charge in [-0.05, 0) is 68.5 Å². The molecule has 2 amide bonds. The Morgan fingerprint density at radius 3 is 2.20 bits per heavy atom. The molecule has 40 heavy (non-hydrogen) atoms. The molecule has 1 N–H and O–H groups in total. The molecule has 0 heterocycles. The summed E-state index contributed by atoms with van der Waals surface area (Å²) in [5.41, 5.74) is 2.31. The van der Waals surface area contributed by atoms with Gasteiger partial charge in [-0.15, -0.1) is 0 Å². The number of aryl methyl sites for hydroxylation is 1. The zero-order chi connectivity index (χ0) is 28.5. The van der Waals surface area contributed by atoms with Gasteiger partial charge in [0.25, 0.3) is 10.0 Å². The number of carbonyl (C=O) groups excluding carboxylic acids is 2. The van der Waals surface area contributed by atoms with Gasteiger partial charge in [0.1, 0.15) is 12.6 Å². The summed E-state index contributed by atoms with van der Waals surface area (Å²) in [4.78, 5) is 29.0. The summed E-state index contributed by atoms with van der Waals surface area (Å²) in [6.07, 6.45) is 5.76. The fourth-order valence-electron chi connectivity index (χ4n) is 5.17. The standard InChI is InChI=1S/C32H39N3O4S/c1-25-13-12-18-29(23-25)35(40(38,39)30-19-10-5-11-20-30)24-31(36)34(22-21-27-14-6-3-7-15-27)26(2)32(37)33-28-16-8-4-9-17-28/h3,5-7,10-15,18-20,23,26,28H,4,8-9,16-17,21-22,24H2,1-2H3,(H,33,37)/t26-/m1/s1. The maximum atomic E-state index is 14.0. The molecule has 212 valence electrons. The first-order chi connectivity index (χ1) is 19.3. The van der Waals surface area contributed by atoms with E-state index in [4.69, 9.17) is 0 Å². The van der Waals surface area contributed by atoms with Crippen molar-refractivity contribution in [3.8, 4) is 0 Å². The number of amides is 2. The van der Waals surface area contributed by atoms with Gasteiger partial charge in [0, 0.05) is 12.6 Å². The highest BCUT2D eigenvalue weighted by molar-refractivity contribution is 7.92. The Morgan fingerprint density at radius 1 is 0.900 bits per heavy atom. The Kier molecular flexibility index (Phi) is 9.98. The van der Waals surface area contributed by atoms with Crippen molar-refractivity contribution in [2.75, 3.05) is 17.4 Å². The number of benzene rings is 3. The predicted octanol–water partition coefficient (Wildman–Crippen LogP) is 5.10. The number of nitrogens with one attached hydrogen (secondary N) is 1. The van der Waals surface area contributed by atoms with Gasteiger partial charge in [-0.3, -0.25) is 13.9 Å². The van der Waals surface area contributed by atoms with Gasteiger partial charge >= 0.3 is 0 Å². The molecule has 0 aromatic heterocycles. The molecule has 7 nitrogen and oxygen atoms in total. The van der Waals surface area contributed by atoms with E-state index in [0.29, 0.717) is 12.1 Å². The SMILES string of the molecule is Cc1cccc(N(CC(=O)N(CCc2ccccc2)[C@H](C)C(=O)NC2CCCCC2)S(=O)(=O)c2ccccc2)c1. The van der Waals surface area contributed by atoms with Crippen molar-refractivity contribution in [2.24, 2.45) is 0 Å². The molecule has 0 spiro atoms. The van der Waals surface area contributed by atoms with Crippen LogP contribution >= 0.6 is 0 Å². The van der Waals surface area contributed by atoms with Crippen LogP contribution in [0, 0.1) is 6.92 Å². The lowest BCUT2D eigenvalue weighted by atomic mass is 9.95. The third kappa shape index (κ3) is 7.50. The zero-order valence-electron chi connectivity index (χ0n) is 23.3. The molecule has 1 atom stereocenters. The Bertz CT molecular complexity index is 1370. The fourth-order valence-corrected chi connectivity index (χ4v) is 6.60. The Labute approximate surface area is 238 Å². The number of sulfonamides is 1. The molecule has 0 radical (unpaired) electrons. The molecule has 0 aliphatic heterocycles. The van der Waals surface area contributed by atoms with Gasteiger partial charge in [0.2, 0.25) is 11.8 Å². The quantitative estimate of drug-likeness (QED) is 0.353. The van der Waals surface area contributed by atoms with Crippen LogP contribution in [0.2, 0.25) is 0 Å². The van der Waals surface area contributed by atoms with Crippen molar-refractivity contribution < 1.29 is 18.0 Å². The second-order valence-electron chi connectivity index (χ2n) is 10.5. The zero-order valence-corrected chi connectivity index (χ0v) is 24.1. The molecule has 1 fully saturated rings. The van der Waals surface area contributed by atoms with E-state index in [9.17, 15) is 18.0 Å². The predicted molar refractivity (Wildman–Crippen MR) is 158 cm³/mol. The highest BCUT2D eigenvalue weighted by atomic mass is 32.2. The van der Waals surface area contributed by atoms with E-state index in [0.717, 1.165) is 41.1 Å². The Balaban J connectivity index is 1.62. The normalized spacial score (nSPS) is 14.8. The molecule has 0 bridgehead atoms. The van der Waals surface area contributed by atoms with E-state index in [1.807, 2.05) is 43.3 Å². The number of nitrogens with zero attached hydrogens (tertiary/aromatic N) is 2. The van der Waals surface area contributed by atoms with Gasteiger partial charge in [-0.25, -0.2) is 8.42 Å². The lowest BCUT2D eigenvalue weighted by molar-refractivity contribution is -0.139. The summed E-state index contributed by atoms with van der Waals surface area (Å²) >= 11 is 0. The summed E-state index contributed by atoms with van der Waals surface area (Å²) in [6.45, 7) is 3.47. The minimum atomic E-state index is -4.05. The van der Waals surface area contributed by atoms with Crippen LogP contribution in [0.1, 0.15) is 50.2 Å². The first-order valence-corrected chi connectivity index (χ1v) is 15.5. The van der Waals surface area contributed by atoms with Crippen LogP contribution in [0.4, 0.5) is 5.69 Å². The molecule has 3 aromatic rings. The van der Waals surface area contributed by atoms with Gasteiger partial charge in [0.05, 0.1) is 10.6 Å². The van der Waals surface area contributed by atoms with Gasteiger partial charge in [-0.2, -0.15) is 0 Å². The average Bonchev–Trinajstić information content (AvgIpc) is 2.97. The summed E-state index contributed by atoms with van der Waals surface area (Å²) in [5, 5.41) is 3.14. The van der Waals surface area contributed by atoms with Crippen LogP contribution in [-0.2, 0) is 26.0 Å². The molecular formula is C32H39N3O4S. The van der Waals surface area contributed by atoms with E-state index >= 15 is 0 Å². The number of hydrogen-bond acceptors (Lipinski definition) is 4. The topological polar surface area (TPSA) is 86.8 Å². The number of carbonyl (C=O) groups is 2.